The second-order valence-electron chi connectivity index (χ2n) is 12.8. The van der Waals surface area contributed by atoms with Gasteiger partial charge < -0.3 is 13.7 Å². The second kappa shape index (κ2) is 11.9. The minimum atomic E-state index is 0.601. The van der Waals surface area contributed by atoms with Crippen molar-refractivity contribution in [2.24, 2.45) is 0 Å². The van der Waals surface area contributed by atoms with Gasteiger partial charge in [-0.15, -0.1) is 0 Å². The fourth-order valence-corrected chi connectivity index (χ4v) is 7.20. The molecule has 0 amide bonds. The van der Waals surface area contributed by atoms with Crippen molar-refractivity contribution in [3.8, 4) is 33.7 Å². The number of rotatable bonds is 6. The Morgan fingerprint density at radius 2 is 1.02 bits per heavy atom. The Balaban J connectivity index is 1.10. The third-order valence-corrected chi connectivity index (χ3v) is 9.68. The zero-order valence-corrected chi connectivity index (χ0v) is 27.5. The number of hydrogen-bond donors (Lipinski definition) is 0. The van der Waals surface area contributed by atoms with Crippen molar-refractivity contribution in [3.63, 3.8) is 0 Å². The van der Waals surface area contributed by atoms with Crippen LogP contribution in [0.15, 0.2) is 191 Å². The maximum atomic E-state index is 6.54. The van der Waals surface area contributed by atoms with E-state index >= 15 is 0 Å². The molecular weight excluding hydrogens is 625 g/mol. The first-order chi connectivity index (χ1) is 25.2. The number of fused-ring (bicyclic) bond motifs is 5. The average Bonchev–Trinajstić information content (AvgIpc) is 3.78. The molecule has 0 N–H and O–H groups in total. The first-order valence-corrected chi connectivity index (χ1v) is 17.1. The third-order valence-electron chi connectivity index (χ3n) is 9.68. The van der Waals surface area contributed by atoms with Crippen LogP contribution in [0.4, 0.5) is 17.1 Å². The molecule has 0 unspecified atom stereocenters. The van der Waals surface area contributed by atoms with Gasteiger partial charge in [0.15, 0.2) is 5.58 Å². The number of hydrogen-bond acceptors (Lipinski definition) is 4. The van der Waals surface area contributed by atoms with E-state index in [1.165, 1.54) is 27.5 Å². The largest absolute Gasteiger partial charge is 0.456 e. The van der Waals surface area contributed by atoms with Gasteiger partial charge >= 0.3 is 0 Å². The first-order valence-electron chi connectivity index (χ1n) is 17.1. The van der Waals surface area contributed by atoms with Gasteiger partial charge in [0.2, 0.25) is 5.89 Å². The molecular formula is C47H30N2O2. The van der Waals surface area contributed by atoms with Gasteiger partial charge in [0.05, 0.1) is 0 Å². The van der Waals surface area contributed by atoms with E-state index in [2.05, 4.69) is 144 Å². The highest BCUT2D eigenvalue weighted by Crippen LogP contribution is 2.41. The lowest BCUT2D eigenvalue weighted by Crippen LogP contribution is -2.10. The number of nitrogens with zero attached hydrogens (tertiary/aromatic N) is 2. The number of anilines is 3. The number of aromatic nitrogens is 1. The highest BCUT2D eigenvalue weighted by atomic mass is 16.4. The highest BCUT2D eigenvalue weighted by molar-refractivity contribution is 6.10. The van der Waals surface area contributed by atoms with E-state index in [-0.39, 0.29) is 0 Å². The molecule has 0 aliphatic rings. The maximum Gasteiger partial charge on any atom is 0.227 e. The minimum absolute atomic E-state index is 0.601. The number of oxazole rings is 1. The van der Waals surface area contributed by atoms with Gasteiger partial charge in [0.1, 0.15) is 16.7 Å². The van der Waals surface area contributed by atoms with Gasteiger partial charge in [-0.3, -0.25) is 0 Å². The molecule has 2 aromatic heterocycles. The van der Waals surface area contributed by atoms with Crippen LogP contribution in [0.3, 0.4) is 0 Å². The summed E-state index contributed by atoms with van der Waals surface area (Å²) in [6.45, 7) is 0. The van der Waals surface area contributed by atoms with Gasteiger partial charge in [0, 0.05) is 45.5 Å². The SMILES string of the molecule is c1ccc(-c2ccc(N(c3cccc(-c4cccc5ccccc45)c3)c3ccc4c(c3)oc3cc5oc(-c6ccccc6)nc5cc34)cc2)cc1. The average molecular weight is 655 g/mol. The molecule has 0 spiro atoms. The molecule has 10 rings (SSSR count). The van der Waals surface area contributed by atoms with Crippen LogP contribution < -0.4 is 4.90 Å². The van der Waals surface area contributed by atoms with Gasteiger partial charge in [-0.1, -0.05) is 115 Å². The molecule has 4 heteroatoms. The Morgan fingerprint density at radius 3 is 1.86 bits per heavy atom. The fraction of sp³-hybridized carbons (Fsp3) is 0. The van der Waals surface area contributed by atoms with Crippen molar-refractivity contribution in [3.05, 3.63) is 182 Å². The molecule has 0 aliphatic carbocycles. The zero-order chi connectivity index (χ0) is 33.7. The fourth-order valence-electron chi connectivity index (χ4n) is 7.20. The number of benzene rings is 8. The van der Waals surface area contributed by atoms with Gasteiger partial charge in [-0.2, -0.15) is 0 Å². The summed E-state index contributed by atoms with van der Waals surface area (Å²) in [5, 5.41) is 4.50. The first kappa shape index (κ1) is 29.0. The summed E-state index contributed by atoms with van der Waals surface area (Å²) in [5.74, 6) is 0.601. The topological polar surface area (TPSA) is 42.4 Å². The lowest BCUT2D eigenvalue weighted by molar-refractivity contribution is 0.617. The molecule has 0 bridgehead atoms. The molecule has 240 valence electrons. The Kier molecular flexibility index (Phi) is 6.78. The molecule has 10 aromatic rings. The van der Waals surface area contributed by atoms with Crippen LogP contribution in [0.5, 0.6) is 0 Å². The Hall–Kier alpha value is -6.91. The van der Waals surface area contributed by atoms with Gasteiger partial charge in [-0.05, 0) is 87.6 Å². The van der Waals surface area contributed by atoms with Crippen molar-refractivity contribution in [2.75, 3.05) is 4.90 Å². The monoisotopic (exact) mass is 654 g/mol. The van der Waals surface area contributed by atoms with Gasteiger partial charge in [0.25, 0.3) is 0 Å². The van der Waals surface area contributed by atoms with Crippen LogP contribution in [-0.4, -0.2) is 4.98 Å². The molecule has 0 radical (unpaired) electrons. The summed E-state index contributed by atoms with van der Waals surface area (Å²) < 4.78 is 12.7. The lowest BCUT2D eigenvalue weighted by Gasteiger charge is -2.26. The van der Waals surface area contributed by atoms with Crippen LogP contribution in [-0.2, 0) is 0 Å². The predicted octanol–water partition coefficient (Wildman–Crippen LogP) is 13.4. The summed E-state index contributed by atoms with van der Waals surface area (Å²) in [6, 6.07) is 63.6. The molecule has 0 atom stereocenters. The smallest absolute Gasteiger partial charge is 0.227 e. The van der Waals surface area contributed by atoms with Crippen molar-refractivity contribution >= 4 is 60.9 Å². The molecule has 0 fully saturated rings. The number of furan rings is 1. The van der Waals surface area contributed by atoms with E-state index in [0.29, 0.717) is 11.5 Å². The Bertz CT molecular complexity index is 2850. The normalized spacial score (nSPS) is 11.5. The predicted molar refractivity (Wildman–Crippen MR) is 210 cm³/mol. The summed E-state index contributed by atoms with van der Waals surface area (Å²) in [7, 11) is 0. The summed E-state index contributed by atoms with van der Waals surface area (Å²) in [4.78, 5) is 7.11. The van der Waals surface area contributed by atoms with E-state index in [4.69, 9.17) is 13.8 Å². The van der Waals surface area contributed by atoms with Crippen molar-refractivity contribution in [1.82, 2.24) is 4.98 Å². The standard InChI is InChI=1S/C47H30N2O2/c1-3-11-31(12-4-1)32-21-23-36(24-22-32)49(37-18-9-17-35(27-37)40-20-10-16-33-13-7-8-19-39(33)40)38-25-26-41-42-29-43-46(30-45(42)50-44(41)28-38)51-47(48-43)34-14-5-2-6-15-34/h1-30H. The van der Waals surface area contributed by atoms with E-state index in [9.17, 15) is 0 Å². The van der Waals surface area contributed by atoms with Crippen molar-refractivity contribution < 1.29 is 8.83 Å². The summed E-state index contributed by atoms with van der Waals surface area (Å²) >= 11 is 0. The quantitative estimate of drug-likeness (QED) is 0.179. The molecule has 0 saturated carbocycles. The minimum Gasteiger partial charge on any atom is -0.456 e. The molecule has 0 aliphatic heterocycles. The Labute approximate surface area is 294 Å². The van der Waals surface area contributed by atoms with E-state index < -0.39 is 0 Å². The molecule has 0 saturated heterocycles. The lowest BCUT2D eigenvalue weighted by atomic mass is 9.97. The van der Waals surface area contributed by atoms with E-state index in [0.717, 1.165) is 55.6 Å². The van der Waals surface area contributed by atoms with Crippen molar-refractivity contribution in [1.29, 1.82) is 0 Å². The Morgan fingerprint density at radius 1 is 0.373 bits per heavy atom. The highest BCUT2D eigenvalue weighted by Gasteiger charge is 2.18. The van der Waals surface area contributed by atoms with Crippen LogP contribution in [0, 0.1) is 0 Å². The van der Waals surface area contributed by atoms with Crippen molar-refractivity contribution in [2.45, 2.75) is 0 Å². The molecule has 8 aromatic carbocycles. The van der Waals surface area contributed by atoms with E-state index in [1.54, 1.807) is 0 Å². The molecule has 2 heterocycles. The summed E-state index contributed by atoms with van der Waals surface area (Å²) in [5.41, 5.74) is 11.8. The maximum absolute atomic E-state index is 6.54. The van der Waals surface area contributed by atoms with Gasteiger partial charge in [-0.25, -0.2) is 4.98 Å². The van der Waals surface area contributed by atoms with Crippen LogP contribution in [0.2, 0.25) is 0 Å². The zero-order valence-electron chi connectivity index (χ0n) is 27.5. The van der Waals surface area contributed by atoms with E-state index in [1.807, 2.05) is 42.5 Å². The molecule has 4 nitrogen and oxygen atoms in total. The second-order valence-corrected chi connectivity index (χ2v) is 12.8. The van der Waals surface area contributed by atoms with Crippen LogP contribution in [0.1, 0.15) is 0 Å². The van der Waals surface area contributed by atoms with Crippen LogP contribution in [0.25, 0.3) is 77.5 Å². The van der Waals surface area contributed by atoms with Crippen LogP contribution >= 0.6 is 0 Å². The summed E-state index contributed by atoms with van der Waals surface area (Å²) in [6.07, 6.45) is 0. The third kappa shape index (κ3) is 5.13. The molecule has 51 heavy (non-hydrogen) atoms.